The van der Waals surface area contributed by atoms with Gasteiger partial charge in [0.05, 0.1) is 0 Å². The van der Waals surface area contributed by atoms with Crippen molar-refractivity contribution in [2.24, 2.45) is 5.92 Å². The molecule has 1 nitrogen and oxygen atoms in total. The normalized spacial score (nSPS) is 18.6. The summed E-state index contributed by atoms with van der Waals surface area (Å²) < 4.78 is 0. The van der Waals surface area contributed by atoms with E-state index < -0.39 is 0 Å². The second-order valence-electron chi connectivity index (χ2n) is 5.26. The van der Waals surface area contributed by atoms with Gasteiger partial charge in [-0.05, 0) is 29.5 Å². The van der Waals surface area contributed by atoms with E-state index >= 15 is 0 Å². The van der Waals surface area contributed by atoms with Crippen LogP contribution in [0.5, 0.6) is 0 Å². The second kappa shape index (κ2) is 5.46. The van der Waals surface area contributed by atoms with Gasteiger partial charge in [0.15, 0.2) is 5.78 Å². The van der Waals surface area contributed by atoms with Crippen LogP contribution in [0.1, 0.15) is 30.9 Å². The highest BCUT2D eigenvalue weighted by atomic mass is 16.1. The Bertz CT molecular complexity index is 638. The molecule has 1 unspecified atom stereocenters. The van der Waals surface area contributed by atoms with Crippen molar-refractivity contribution in [1.29, 1.82) is 0 Å². The largest absolute Gasteiger partial charge is 0.294 e. The van der Waals surface area contributed by atoms with Gasteiger partial charge in [-0.2, -0.15) is 0 Å². The van der Waals surface area contributed by atoms with Crippen molar-refractivity contribution < 1.29 is 4.79 Å². The van der Waals surface area contributed by atoms with Crippen LogP contribution >= 0.6 is 0 Å². The van der Waals surface area contributed by atoms with Gasteiger partial charge in [-0.3, -0.25) is 4.79 Å². The van der Waals surface area contributed by atoms with E-state index in [0.29, 0.717) is 5.78 Å². The summed E-state index contributed by atoms with van der Waals surface area (Å²) in [6.45, 7) is 2.10. The highest BCUT2D eigenvalue weighted by Gasteiger charge is 2.32. The van der Waals surface area contributed by atoms with E-state index in [2.05, 4.69) is 19.1 Å². The maximum atomic E-state index is 12.7. The van der Waals surface area contributed by atoms with Crippen LogP contribution in [-0.2, 0) is 4.79 Å². The molecule has 0 radical (unpaired) electrons. The van der Waals surface area contributed by atoms with Crippen LogP contribution in [0.15, 0.2) is 60.7 Å². The van der Waals surface area contributed by atoms with Crippen LogP contribution in [0.25, 0.3) is 11.1 Å². The third-order valence-electron chi connectivity index (χ3n) is 4.05. The van der Waals surface area contributed by atoms with Gasteiger partial charge in [-0.15, -0.1) is 0 Å². The topological polar surface area (TPSA) is 17.1 Å². The van der Waals surface area contributed by atoms with Gasteiger partial charge in [0.1, 0.15) is 0 Å². The van der Waals surface area contributed by atoms with Gasteiger partial charge in [-0.1, -0.05) is 67.6 Å². The van der Waals surface area contributed by atoms with Crippen molar-refractivity contribution in [3.8, 4) is 0 Å². The van der Waals surface area contributed by atoms with E-state index in [1.807, 2.05) is 48.5 Å². The fraction of sp³-hybridized carbons (Fsp3) is 0.211. The number of benzene rings is 2. The lowest BCUT2D eigenvalue weighted by Gasteiger charge is -2.06. The SMILES string of the molecule is CCC1CC(c2ccccc2)=C(c2ccccc2)C1=O. The summed E-state index contributed by atoms with van der Waals surface area (Å²) in [6, 6.07) is 20.3. The molecule has 1 atom stereocenters. The van der Waals surface area contributed by atoms with E-state index in [4.69, 9.17) is 0 Å². The second-order valence-corrected chi connectivity index (χ2v) is 5.26. The first-order valence-electron chi connectivity index (χ1n) is 7.19. The number of allylic oxidation sites excluding steroid dienone is 2. The first-order chi connectivity index (χ1) is 9.81. The lowest BCUT2D eigenvalue weighted by molar-refractivity contribution is -0.116. The van der Waals surface area contributed by atoms with Gasteiger partial charge in [0.2, 0.25) is 0 Å². The van der Waals surface area contributed by atoms with Crippen LogP contribution in [0.4, 0.5) is 0 Å². The number of rotatable bonds is 3. The number of Topliss-reactive ketones (excluding diaryl/α,β-unsaturated/α-hetero) is 1. The zero-order chi connectivity index (χ0) is 13.9. The van der Waals surface area contributed by atoms with Gasteiger partial charge in [0.25, 0.3) is 0 Å². The Morgan fingerprint density at radius 1 is 0.900 bits per heavy atom. The van der Waals surface area contributed by atoms with Crippen LogP contribution in [0.3, 0.4) is 0 Å². The first-order valence-corrected chi connectivity index (χ1v) is 7.19. The molecular weight excluding hydrogens is 244 g/mol. The molecule has 1 heteroatoms. The van der Waals surface area contributed by atoms with Crippen LogP contribution < -0.4 is 0 Å². The van der Waals surface area contributed by atoms with Crippen molar-refractivity contribution in [1.82, 2.24) is 0 Å². The molecule has 0 saturated heterocycles. The molecule has 0 heterocycles. The van der Waals surface area contributed by atoms with Crippen molar-refractivity contribution in [2.75, 3.05) is 0 Å². The predicted molar refractivity (Wildman–Crippen MR) is 83.1 cm³/mol. The predicted octanol–water partition coefficient (Wildman–Crippen LogP) is 4.60. The first kappa shape index (κ1) is 12.9. The molecule has 0 fully saturated rings. The number of hydrogen-bond donors (Lipinski definition) is 0. The zero-order valence-corrected chi connectivity index (χ0v) is 11.7. The van der Waals surface area contributed by atoms with E-state index in [1.165, 1.54) is 11.1 Å². The molecule has 0 spiro atoms. The van der Waals surface area contributed by atoms with Gasteiger partial charge in [-0.25, -0.2) is 0 Å². The molecule has 0 amide bonds. The van der Waals surface area contributed by atoms with Crippen molar-refractivity contribution >= 4 is 16.9 Å². The molecule has 0 bridgehead atoms. The minimum absolute atomic E-state index is 0.139. The highest BCUT2D eigenvalue weighted by Crippen LogP contribution is 2.41. The summed E-state index contributed by atoms with van der Waals surface area (Å²) in [5, 5.41) is 0. The van der Waals surface area contributed by atoms with E-state index in [0.717, 1.165) is 24.0 Å². The third kappa shape index (κ3) is 2.20. The number of carbonyl (C=O) groups excluding carboxylic acids is 1. The Morgan fingerprint density at radius 2 is 1.45 bits per heavy atom. The molecule has 0 N–H and O–H groups in total. The Kier molecular flexibility index (Phi) is 3.51. The molecule has 0 aromatic heterocycles. The van der Waals surface area contributed by atoms with E-state index in [9.17, 15) is 4.79 Å². The summed E-state index contributed by atoms with van der Waals surface area (Å²) >= 11 is 0. The van der Waals surface area contributed by atoms with Crippen molar-refractivity contribution in [3.63, 3.8) is 0 Å². The lowest BCUT2D eigenvalue weighted by atomic mass is 9.96. The quantitative estimate of drug-likeness (QED) is 0.790. The molecule has 2 aromatic carbocycles. The van der Waals surface area contributed by atoms with Crippen LogP contribution in [0, 0.1) is 5.92 Å². The minimum Gasteiger partial charge on any atom is -0.294 e. The highest BCUT2D eigenvalue weighted by molar-refractivity contribution is 6.32. The van der Waals surface area contributed by atoms with Gasteiger partial charge >= 0.3 is 0 Å². The molecule has 1 aliphatic carbocycles. The van der Waals surface area contributed by atoms with Gasteiger partial charge in [0, 0.05) is 11.5 Å². The molecule has 0 saturated carbocycles. The lowest BCUT2D eigenvalue weighted by Crippen LogP contribution is -2.08. The number of carbonyl (C=O) groups is 1. The van der Waals surface area contributed by atoms with Crippen LogP contribution in [-0.4, -0.2) is 5.78 Å². The molecule has 0 aliphatic heterocycles. The molecular formula is C19H18O. The monoisotopic (exact) mass is 262 g/mol. The standard InChI is InChI=1S/C19H18O/c1-2-14-13-17(15-9-5-3-6-10-15)18(19(14)20)16-11-7-4-8-12-16/h3-12,14H,2,13H2,1H3. The summed E-state index contributed by atoms with van der Waals surface area (Å²) in [6.07, 6.45) is 1.77. The molecule has 1 aliphatic rings. The average molecular weight is 262 g/mol. The maximum Gasteiger partial charge on any atom is 0.167 e. The molecule has 100 valence electrons. The summed E-state index contributed by atoms with van der Waals surface area (Å²) in [4.78, 5) is 12.7. The average Bonchev–Trinajstić information content (AvgIpc) is 2.86. The van der Waals surface area contributed by atoms with Crippen LogP contribution in [0.2, 0.25) is 0 Å². The summed E-state index contributed by atoms with van der Waals surface area (Å²) in [5.41, 5.74) is 4.35. The van der Waals surface area contributed by atoms with Crippen molar-refractivity contribution in [2.45, 2.75) is 19.8 Å². The van der Waals surface area contributed by atoms with E-state index in [1.54, 1.807) is 0 Å². The Labute approximate surface area is 120 Å². The summed E-state index contributed by atoms with van der Waals surface area (Å²) in [5.74, 6) is 0.443. The molecule has 3 rings (SSSR count). The number of hydrogen-bond acceptors (Lipinski definition) is 1. The Morgan fingerprint density at radius 3 is 2.00 bits per heavy atom. The molecule has 20 heavy (non-hydrogen) atoms. The fourth-order valence-corrected chi connectivity index (χ4v) is 2.95. The maximum absolute atomic E-state index is 12.7. The number of ketones is 1. The third-order valence-corrected chi connectivity index (χ3v) is 4.05. The zero-order valence-electron chi connectivity index (χ0n) is 11.7. The smallest absolute Gasteiger partial charge is 0.167 e. The summed E-state index contributed by atoms with van der Waals surface area (Å²) in [7, 11) is 0. The van der Waals surface area contributed by atoms with Crippen molar-refractivity contribution in [3.05, 3.63) is 71.8 Å². The van der Waals surface area contributed by atoms with E-state index in [-0.39, 0.29) is 5.92 Å². The molecule has 2 aromatic rings. The fourth-order valence-electron chi connectivity index (χ4n) is 2.95. The Hall–Kier alpha value is -2.15. The minimum atomic E-state index is 0.139. The van der Waals surface area contributed by atoms with Gasteiger partial charge < -0.3 is 0 Å². The Balaban J connectivity index is 2.15.